The van der Waals surface area contributed by atoms with Crippen molar-refractivity contribution in [1.82, 2.24) is 10.2 Å². The summed E-state index contributed by atoms with van der Waals surface area (Å²) in [5.74, 6) is 0.806. The van der Waals surface area contributed by atoms with E-state index >= 15 is 0 Å². The van der Waals surface area contributed by atoms with Gasteiger partial charge < -0.3 is 19.9 Å². The van der Waals surface area contributed by atoms with Crippen LogP contribution in [-0.2, 0) is 9.59 Å². The van der Waals surface area contributed by atoms with E-state index in [4.69, 9.17) is 4.74 Å². The van der Waals surface area contributed by atoms with E-state index in [2.05, 4.69) is 12.2 Å². The van der Waals surface area contributed by atoms with Crippen LogP contribution in [0.2, 0.25) is 0 Å². The molecule has 0 saturated carbocycles. The molecule has 1 aromatic rings. The van der Waals surface area contributed by atoms with E-state index in [1.54, 1.807) is 4.90 Å². The van der Waals surface area contributed by atoms with E-state index in [0.29, 0.717) is 12.2 Å². The molecule has 136 valence electrons. The molecule has 2 heterocycles. The standard InChI is InChI=1S/C19H27N3O3/c1-2-10-21(16-8-9-20-13-16)19(24)14-25-17-6-3-5-15(12-17)22-11-4-7-18(22)23/h3,5-6,12,16,20H,2,4,7-11,13-14H2,1H3. The maximum Gasteiger partial charge on any atom is 0.260 e. The highest BCUT2D eigenvalue weighted by molar-refractivity contribution is 5.95. The molecule has 6 nitrogen and oxygen atoms in total. The number of nitrogens with zero attached hydrogens (tertiary/aromatic N) is 2. The third kappa shape index (κ3) is 4.31. The van der Waals surface area contributed by atoms with Crippen molar-refractivity contribution in [3.05, 3.63) is 24.3 Å². The number of benzene rings is 1. The number of hydrogen-bond acceptors (Lipinski definition) is 4. The summed E-state index contributed by atoms with van der Waals surface area (Å²) in [6.45, 7) is 5.45. The number of hydrogen-bond donors (Lipinski definition) is 1. The number of rotatable bonds is 7. The quantitative estimate of drug-likeness (QED) is 0.818. The zero-order valence-corrected chi connectivity index (χ0v) is 14.9. The molecule has 25 heavy (non-hydrogen) atoms. The van der Waals surface area contributed by atoms with E-state index in [1.807, 2.05) is 29.2 Å². The molecule has 0 aromatic heterocycles. The minimum atomic E-state index is 0.0261. The second kappa shape index (κ2) is 8.34. The first-order valence-electron chi connectivity index (χ1n) is 9.22. The van der Waals surface area contributed by atoms with Gasteiger partial charge in [-0.2, -0.15) is 0 Å². The fourth-order valence-electron chi connectivity index (χ4n) is 3.55. The van der Waals surface area contributed by atoms with E-state index < -0.39 is 0 Å². The minimum Gasteiger partial charge on any atom is -0.484 e. The lowest BCUT2D eigenvalue weighted by Crippen LogP contribution is -2.44. The molecule has 6 heteroatoms. The van der Waals surface area contributed by atoms with E-state index in [0.717, 1.165) is 51.1 Å². The molecule has 0 radical (unpaired) electrons. The number of carbonyl (C=O) groups excluding carboxylic acids is 2. The number of nitrogens with one attached hydrogen (secondary N) is 1. The van der Waals surface area contributed by atoms with Crippen LogP contribution in [0.3, 0.4) is 0 Å². The number of amides is 2. The van der Waals surface area contributed by atoms with Gasteiger partial charge in [0.15, 0.2) is 6.61 Å². The summed E-state index contributed by atoms with van der Waals surface area (Å²) in [5, 5.41) is 3.31. The van der Waals surface area contributed by atoms with Gasteiger partial charge in [0.05, 0.1) is 0 Å². The SMILES string of the molecule is CCCN(C(=O)COc1cccc(N2CCCC2=O)c1)C1CCNC1. The Balaban J connectivity index is 1.60. The highest BCUT2D eigenvalue weighted by atomic mass is 16.5. The van der Waals surface area contributed by atoms with Crippen LogP contribution in [0.4, 0.5) is 5.69 Å². The van der Waals surface area contributed by atoms with Crippen molar-refractivity contribution >= 4 is 17.5 Å². The van der Waals surface area contributed by atoms with Crippen molar-refractivity contribution in [2.45, 2.75) is 38.6 Å². The van der Waals surface area contributed by atoms with Crippen LogP contribution in [0.15, 0.2) is 24.3 Å². The first kappa shape index (κ1) is 17.7. The van der Waals surface area contributed by atoms with Crippen molar-refractivity contribution in [3.8, 4) is 5.75 Å². The van der Waals surface area contributed by atoms with Crippen molar-refractivity contribution in [3.63, 3.8) is 0 Å². The summed E-state index contributed by atoms with van der Waals surface area (Å²) in [6, 6.07) is 7.72. The maximum absolute atomic E-state index is 12.6. The van der Waals surface area contributed by atoms with Crippen LogP contribution >= 0.6 is 0 Å². The molecule has 0 aliphatic carbocycles. The van der Waals surface area contributed by atoms with Crippen LogP contribution in [0.5, 0.6) is 5.75 Å². The summed E-state index contributed by atoms with van der Waals surface area (Å²) in [7, 11) is 0. The van der Waals surface area contributed by atoms with E-state index in [9.17, 15) is 9.59 Å². The van der Waals surface area contributed by atoms with Gasteiger partial charge in [0, 0.05) is 43.9 Å². The molecule has 0 spiro atoms. The van der Waals surface area contributed by atoms with Crippen molar-refractivity contribution in [1.29, 1.82) is 0 Å². The third-order valence-corrected chi connectivity index (χ3v) is 4.82. The van der Waals surface area contributed by atoms with Crippen LogP contribution in [0.25, 0.3) is 0 Å². The Labute approximate surface area is 149 Å². The molecular weight excluding hydrogens is 318 g/mol. The van der Waals surface area contributed by atoms with Crippen molar-refractivity contribution in [2.75, 3.05) is 37.7 Å². The Hall–Kier alpha value is -2.08. The molecule has 1 atom stereocenters. The number of ether oxygens (including phenoxy) is 1. The van der Waals surface area contributed by atoms with Crippen LogP contribution in [0.1, 0.15) is 32.6 Å². The van der Waals surface area contributed by atoms with Crippen LogP contribution in [0, 0.1) is 0 Å². The Morgan fingerprint density at radius 2 is 2.32 bits per heavy atom. The predicted octanol–water partition coefficient (Wildman–Crippen LogP) is 1.79. The van der Waals surface area contributed by atoms with Gasteiger partial charge in [0.1, 0.15) is 5.75 Å². The average Bonchev–Trinajstić information content (AvgIpc) is 3.29. The Bertz CT molecular complexity index is 614. The number of carbonyl (C=O) groups is 2. The average molecular weight is 345 g/mol. The molecule has 2 aliphatic rings. The largest absolute Gasteiger partial charge is 0.484 e. The molecule has 2 aliphatic heterocycles. The highest BCUT2D eigenvalue weighted by Crippen LogP contribution is 2.25. The lowest BCUT2D eigenvalue weighted by Gasteiger charge is -2.28. The second-order valence-electron chi connectivity index (χ2n) is 6.67. The van der Waals surface area contributed by atoms with Crippen LogP contribution in [-0.4, -0.2) is 55.5 Å². The van der Waals surface area contributed by atoms with Gasteiger partial charge in [0.2, 0.25) is 5.91 Å². The molecule has 2 saturated heterocycles. The smallest absolute Gasteiger partial charge is 0.260 e. The van der Waals surface area contributed by atoms with Gasteiger partial charge in [-0.05, 0) is 37.9 Å². The Morgan fingerprint density at radius 3 is 3.00 bits per heavy atom. The molecule has 1 N–H and O–H groups in total. The lowest BCUT2D eigenvalue weighted by atomic mass is 10.2. The first-order valence-corrected chi connectivity index (χ1v) is 9.22. The Morgan fingerprint density at radius 1 is 1.44 bits per heavy atom. The summed E-state index contributed by atoms with van der Waals surface area (Å²) in [5.41, 5.74) is 0.845. The van der Waals surface area contributed by atoms with E-state index in [1.165, 1.54) is 0 Å². The molecular formula is C19H27N3O3. The zero-order chi connectivity index (χ0) is 17.6. The summed E-state index contributed by atoms with van der Waals surface area (Å²) < 4.78 is 5.74. The summed E-state index contributed by atoms with van der Waals surface area (Å²) >= 11 is 0. The zero-order valence-electron chi connectivity index (χ0n) is 14.9. The molecule has 3 rings (SSSR count). The predicted molar refractivity (Wildman–Crippen MR) is 96.8 cm³/mol. The molecule has 0 bridgehead atoms. The third-order valence-electron chi connectivity index (χ3n) is 4.82. The highest BCUT2D eigenvalue weighted by Gasteiger charge is 2.26. The Kier molecular flexibility index (Phi) is 5.91. The van der Waals surface area contributed by atoms with Gasteiger partial charge in [-0.15, -0.1) is 0 Å². The second-order valence-corrected chi connectivity index (χ2v) is 6.67. The fourth-order valence-corrected chi connectivity index (χ4v) is 3.55. The minimum absolute atomic E-state index is 0.0261. The fraction of sp³-hybridized carbons (Fsp3) is 0.579. The van der Waals surface area contributed by atoms with Gasteiger partial charge in [-0.3, -0.25) is 9.59 Å². The summed E-state index contributed by atoms with van der Waals surface area (Å²) in [6.07, 6.45) is 3.43. The van der Waals surface area contributed by atoms with Gasteiger partial charge in [0.25, 0.3) is 5.91 Å². The van der Waals surface area contributed by atoms with Crippen molar-refractivity contribution < 1.29 is 14.3 Å². The van der Waals surface area contributed by atoms with E-state index in [-0.39, 0.29) is 24.5 Å². The molecule has 1 aromatic carbocycles. The normalized spacial score (nSPS) is 20.1. The van der Waals surface area contributed by atoms with Gasteiger partial charge in [-0.25, -0.2) is 0 Å². The maximum atomic E-state index is 12.6. The molecule has 2 fully saturated rings. The van der Waals surface area contributed by atoms with Crippen LogP contribution < -0.4 is 15.0 Å². The molecule has 2 amide bonds. The first-order chi connectivity index (χ1) is 12.2. The molecule has 1 unspecified atom stereocenters. The topological polar surface area (TPSA) is 61.9 Å². The lowest BCUT2D eigenvalue weighted by molar-refractivity contribution is -0.135. The van der Waals surface area contributed by atoms with Gasteiger partial charge in [-0.1, -0.05) is 13.0 Å². The summed E-state index contributed by atoms with van der Waals surface area (Å²) in [4.78, 5) is 28.2. The van der Waals surface area contributed by atoms with Crippen molar-refractivity contribution in [2.24, 2.45) is 0 Å². The monoisotopic (exact) mass is 345 g/mol. The van der Waals surface area contributed by atoms with Gasteiger partial charge >= 0.3 is 0 Å². The number of anilines is 1.